The average Bonchev–Trinajstić information content (AvgIpc) is 2.50. The zero-order chi connectivity index (χ0) is 19.9. The lowest BCUT2D eigenvalue weighted by molar-refractivity contribution is -0.274. The lowest BCUT2D eigenvalue weighted by Crippen LogP contribution is -2.46. The molecule has 26 heavy (non-hydrogen) atoms. The fourth-order valence-corrected chi connectivity index (χ4v) is 2.01. The number of alkyl halides is 3. The molecule has 0 bridgehead atoms. The number of aliphatic carboxylic acids is 1. The van der Waals surface area contributed by atoms with Crippen LogP contribution in [0.15, 0.2) is 24.3 Å². The van der Waals surface area contributed by atoms with E-state index < -0.39 is 42.5 Å². The molecule has 1 rings (SSSR count). The molecular formula is C16H19F3N2O5. The second-order valence-electron chi connectivity index (χ2n) is 5.84. The molecule has 10 heteroatoms. The summed E-state index contributed by atoms with van der Waals surface area (Å²) < 4.78 is 39.9. The molecule has 0 aliphatic carbocycles. The van der Waals surface area contributed by atoms with Crippen molar-refractivity contribution in [3.63, 3.8) is 0 Å². The molecule has 0 radical (unpaired) electrons. The monoisotopic (exact) mass is 376 g/mol. The molecule has 0 fully saturated rings. The van der Waals surface area contributed by atoms with Gasteiger partial charge >= 0.3 is 12.3 Å². The molecule has 1 atom stereocenters. The SMILES string of the molecule is CC(C)C[C@H](NC(=O)CNC(=O)c1ccc(OC(F)(F)F)cc1)C(=O)O. The second-order valence-corrected chi connectivity index (χ2v) is 5.84. The summed E-state index contributed by atoms with van der Waals surface area (Å²) in [5, 5.41) is 13.6. The van der Waals surface area contributed by atoms with Gasteiger partial charge in [-0.1, -0.05) is 13.8 Å². The number of carboxylic acids is 1. The number of halogens is 3. The van der Waals surface area contributed by atoms with Gasteiger partial charge in [0.15, 0.2) is 0 Å². The van der Waals surface area contributed by atoms with Crippen LogP contribution in [0.25, 0.3) is 0 Å². The van der Waals surface area contributed by atoms with Gasteiger partial charge in [0.2, 0.25) is 5.91 Å². The van der Waals surface area contributed by atoms with E-state index in [9.17, 15) is 27.6 Å². The Morgan fingerprint density at radius 3 is 2.19 bits per heavy atom. The highest BCUT2D eigenvalue weighted by atomic mass is 19.4. The largest absolute Gasteiger partial charge is 0.573 e. The van der Waals surface area contributed by atoms with Crippen LogP contribution in [0.1, 0.15) is 30.6 Å². The van der Waals surface area contributed by atoms with Crippen molar-refractivity contribution in [1.82, 2.24) is 10.6 Å². The lowest BCUT2D eigenvalue weighted by Gasteiger charge is -2.16. The summed E-state index contributed by atoms with van der Waals surface area (Å²) in [6.45, 7) is 3.13. The fraction of sp³-hybridized carbons (Fsp3) is 0.438. The summed E-state index contributed by atoms with van der Waals surface area (Å²) in [4.78, 5) is 34.7. The summed E-state index contributed by atoms with van der Waals surface area (Å²) in [5.41, 5.74) is 0.0179. The van der Waals surface area contributed by atoms with E-state index in [2.05, 4.69) is 15.4 Å². The summed E-state index contributed by atoms with van der Waals surface area (Å²) >= 11 is 0. The minimum absolute atomic E-state index is 0.0179. The van der Waals surface area contributed by atoms with Gasteiger partial charge in [0, 0.05) is 5.56 Å². The molecule has 3 N–H and O–H groups in total. The maximum absolute atomic E-state index is 12.1. The molecule has 0 aliphatic rings. The van der Waals surface area contributed by atoms with Gasteiger partial charge in [0.05, 0.1) is 6.54 Å². The van der Waals surface area contributed by atoms with Crippen molar-refractivity contribution in [3.8, 4) is 5.75 Å². The number of nitrogens with one attached hydrogen (secondary N) is 2. The predicted molar refractivity (Wildman–Crippen MR) is 84.5 cm³/mol. The Labute approximate surface area is 147 Å². The molecule has 1 aromatic carbocycles. The Bertz CT molecular complexity index is 644. The quantitative estimate of drug-likeness (QED) is 0.643. The smallest absolute Gasteiger partial charge is 0.480 e. The van der Waals surface area contributed by atoms with Crippen molar-refractivity contribution in [2.75, 3.05) is 6.54 Å². The zero-order valence-electron chi connectivity index (χ0n) is 14.1. The number of carbonyl (C=O) groups excluding carboxylic acids is 2. The molecule has 144 valence electrons. The summed E-state index contributed by atoms with van der Waals surface area (Å²) in [5.74, 6) is -3.01. The molecule has 7 nitrogen and oxygen atoms in total. The minimum Gasteiger partial charge on any atom is -0.480 e. The van der Waals surface area contributed by atoms with Gasteiger partial charge in [-0.2, -0.15) is 0 Å². The van der Waals surface area contributed by atoms with Crippen LogP contribution >= 0.6 is 0 Å². The Hall–Kier alpha value is -2.78. The van der Waals surface area contributed by atoms with Crippen molar-refractivity contribution in [3.05, 3.63) is 29.8 Å². The molecule has 1 aromatic rings. The van der Waals surface area contributed by atoms with Crippen molar-refractivity contribution >= 4 is 17.8 Å². The predicted octanol–water partition coefficient (Wildman–Crippen LogP) is 1.93. The molecule has 0 saturated carbocycles. The topological polar surface area (TPSA) is 105 Å². The maximum Gasteiger partial charge on any atom is 0.573 e. The Balaban J connectivity index is 2.55. The normalized spacial score (nSPS) is 12.4. The zero-order valence-corrected chi connectivity index (χ0v) is 14.1. The highest BCUT2D eigenvalue weighted by molar-refractivity contribution is 5.96. The van der Waals surface area contributed by atoms with E-state index in [-0.39, 0.29) is 17.9 Å². The van der Waals surface area contributed by atoms with Crippen LogP contribution in [0, 0.1) is 5.92 Å². The van der Waals surface area contributed by atoms with Crippen molar-refractivity contribution in [1.29, 1.82) is 0 Å². The van der Waals surface area contributed by atoms with Gasteiger partial charge in [-0.3, -0.25) is 9.59 Å². The van der Waals surface area contributed by atoms with Gasteiger partial charge < -0.3 is 20.5 Å². The highest BCUT2D eigenvalue weighted by Crippen LogP contribution is 2.22. The molecule has 0 aliphatic heterocycles. The van der Waals surface area contributed by atoms with E-state index in [0.29, 0.717) is 0 Å². The number of ether oxygens (including phenoxy) is 1. The number of hydrogen-bond donors (Lipinski definition) is 3. The third-order valence-corrected chi connectivity index (χ3v) is 3.10. The van der Waals surface area contributed by atoms with Crippen molar-refractivity contribution in [2.45, 2.75) is 32.7 Å². The lowest BCUT2D eigenvalue weighted by atomic mass is 10.0. The highest BCUT2D eigenvalue weighted by Gasteiger charge is 2.31. The van der Waals surface area contributed by atoms with Gasteiger partial charge in [-0.05, 0) is 36.6 Å². The van der Waals surface area contributed by atoms with Gasteiger partial charge in [-0.15, -0.1) is 13.2 Å². The first kappa shape index (κ1) is 21.3. The molecule has 0 heterocycles. The van der Waals surface area contributed by atoms with Crippen LogP contribution in [0.4, 0.5) is 13.2 Å². The first-order valence-corrected chi connectivity index (χ1v) is 7.64. The van der Waals surface area contributed by atoms with Gasteiger partial charge in [0.1, 0.15) is 11.8 Å². The van der Waals surface area contributed by atoms with E-state index in [1.54, 1.807) is 13.8 Å². The standard InChI is InChI=1S/C16H19F3N2O5/c1-9(2)7-12(15(24)25)21-13(22)8-20-14(23)10-3-5-11(6-4-10)26-16(17,18)19/h3-6,9,12H,7-8H2,1-2H3,(H,20,23)(H,21,22)(H,24,25)/t12-/m0/s1. The summed E-state index contributed by atoms with van der Waals surface area (Å²) in [7, 11) is 0. The molecule has 2 amide bonds. The van der Waals surface area contributed by atoms with Crippen molar-refractivity contribution in [2.24, 2.45) is 5.92 Å². The van der Waals surface area contributed by atoms with E-state index in [0.717, 1.165) is 24.3 Å². The number of benzene rings is 1. The number of carboxylic acid groups (broad SMARTS) is 1. The van der Waals surface area contributed by atoms with Crippen molar-refractivity contribution < 1.29 is 37.4 Å². The van der Waals surface area contributed by atoms with Crippen LogP contribution in [0.3, 0.4) is 0 Å². The molecule has 0 spiro atoms. The molecule has 0 aromatic heterocycles. The van der Waals surface area contributed by atoms with Crippen LogP contribution in [-0.2, 0) is 9.59 Å². The van der Waals surface area contributed by atoms with Crippen LogP contribution in [0.2, 0.25) is 0 Å². The Kier molecular flexibility index (Phi) is 7.41. The number of hydrogen-bond acceptors (Lipinski definition) is 4. The first-order valence-electron chi connectivity index (χ1n) is 7.64. The third-order valence-electron chi connectivity index (χ3n) is 3.10. The fourth-order valence-electron chi connectivity index (χ4n) is 2.01. The number of rotatable bonds is 8. The van der Waals surface area contributed by atoms with Crippen LogP contribution in [0.5, 0.6) is 5.75 Å². The molecule has 0 saturated heterocycles. The minimum atomic E-state index is -4.83. The molecule has 0 unspecified atom stereocenters. The second kappa shape index (κ2) is 9.07. The van der Waals surface area contributed by atoms with E-state index in [1.807, 2.05) is 0 Å². The summed E-state index contributed by atoms with van der Waals surface area (Å²) in [6, 6.07) is 3.07. The van der Waals surface area contributed by atoms with Gasteiger partial charge in [-0.25, -0.2) is 4.79 Å². The first-order chi connectivity index (χ1) is 12.0. The Morgan fingerprint density at radius 1 is 1.15 bits per heavy atom. The van der Waals surface area contributed by atoms with E-state index in [1.165, 1.54) is 0 Å². The van der Waals surface area contributed by atoms with Crippen LogP contribution < -0.4 is 15.4 Å². The van der Waals surface area contributed by atoms with Gasteiger partial charge in [0.25, 0.3) is 5.91 Å². The van der Waals surface area contributed by atoms with Crippen LogP contribution in [-0.4, -0.2) is 41.8 Å². The van der Waals surface area contributed by atoms with E-state index in [4.69, 9.17) is 5.11 Å². The Morgan fingerprint density at radius 2 is 1.73 bits per heavy atom. The average molecular weight is 376 g/mol. The summed E-state index contributed by atoms with van der Waals surface area (Å²) in [6.07, 6.45) is -4.60. The van der Waals surface area contributed by atoms with E-state index >= 15 is 0 Å². The number of carbonyl (C=O) groups is 3. The molecular weight excluding hydrogens is 357 g/mol. The third kappa shape index (κ3) is 7.86. The number of amides is 2. The maximum atomic E-state index is 12.1.